The fourth-order valence-electron chi connectivity index (χ4n) is 5.43. The molecule has 0 aromatic heterocycles. The van der Waals surface area contributed by atoms with Crippen LogP contribution in [0.3, 0.4) is 0 Å². The SMILES string of the molecule is CCCCCCCCCCCCCCCCCCC(=O)CCCCCCCC=CCCCCCCCCO. The van der Waals surface area contributed by atoms with Crippen molar-refractivity contribution in [2.75, 3.05) is 6.61 Å². The molecular weight excluding hydrogens is 464 g/mol. The number of hydrogen-bond acceptors (Lipinski definition) is 2. The minimum absolute atomic E-state index is 0.348. The molecule has 0 saturated heterocycles. The summed E-state index contributed by atoms with van der Waals surface area (Å²) in [7, 11) is 0. The smallest absolute Gasteiger partial charge is 0.132 e. The normalized spacial score (nSPS) is 11.6. The first-order valence-corrected chi connectivity index (χ1v) is 17.6. The van der Waals surface area contributed by atoms with Crippen LogP contribution in [0.5, 0.6) is 0 Å². The van der Waals surface area contributed by atoms with Gasteiger partial charge in [0.05, 0.1) is 0 Å². The predicted octanol–water partition coefficient (Wildman–Crippen LogP) is 12.2. The molecule has 0 bridgehead atoms. The Morgan fingerprint density at radius 2 is 0.711 bits per heavy atom. The van der Waals surface area contributed by atoms with E-state index in [2.05, 4.69) is 19.1 Å². The molecule has 0 aliphatic carbocycles. The number of aliphatic hydroxyl groups excluding tert-OH is 1. The zero-order chi connectivity index (χ0) is 27.6. The lowest BCUT2D eigenvalue weighted by Gasteiger charge is -2.04. The van der Waals surface area contributed by atoms with Crippen molar-refractivity contribution < 1.29 is 9.90 Å². The molecule has 0 unspecified atom stereocenters. The lowest BCUT2D eigenvalue weighted by molar-refractivity contribution is -0.119. The Bertz CT molecular complexity index is 470. The summed E-state index contributed by atoms with van der Waals surface area (Å²) in [5, 5.41) is 8.77. The van der Waals surface area contributed by atoms with E-state index in [-0.39, 0.29) is 0 Å². The summed E-state index contributed by atoms with van der Waals surface area (Å²) in [6.07, 6.45) is 44.6. The number of hydrogen-bond donors (Lipinski definition) is 1. The molecule has 0 amide bonds. The van der Waals surface area contributed by atoms with Crippen molar-refractivity contribution in [2.24, 2.45) is 0 Å². The average molecular weight is 535 g/mol. The standard InChI is InChI=1S/C36H70O2/c1-2-3-4-5-6-7-8-9-10-12-15-18-21-24-27-30-33-36(38)34-31-28-25-22-19-16-13-11-14-17-20-23-26-29-32-35-37/h11,13,37H,2-10,12,14-35H2,1H3. The van der Waals surface area contributed by atoms with Gasteiger partial charge in [0.1, 0.15) is 5.78 Å². The van der Waals surface area contributed by atoms with Crippen LogP contribution in [0.25, 0.3) is 0 Å². The van der Waals surface area contributed by atoms with E-state index in [0.717, 1.165) is 32.1 Å². The minimum Gasteiger partial charge on any atom is -0.396 e. The Morgan fingerprint density at radius 1 is 0.421 bits per heavy atom. The summed E-state index contributed by atoms with van der Waals surface area (Å²) in [4.78, 5) is 12.1. The number of ketones is 1. The molecule has 0 aromatic carbocycles. The number of aliphatic hydroxyl groups is 1. The molecule has 0 atom stereocenters. The summed E-state index contributed by atoms with van der Waals surface area (Å²) in [6.45, 7) is 2.64. The fraction of sp³-hybridized carbons (Fsp3) is 0.917. The summed E-state index contributed by atoms with van der Waals surface area (Å²) < 4.78 is 0. The van der Waals surface area contributed by atoms with E-state index in [0.29, 0.717) is 12.4 Å². The van der Waals surface area contributed by atoms with Crippen LogP contribution < -0.4 is 0 Å². The first-order chi connectivity index (χ1) is 18.8. The van der Waals surface area contributed by atoms with Gasteiger partial charge in [0.15, 0.2) is 0 Å². The average Bonchev–Trinajstić information content (AvgIpc) is 2.92. The number of rotatable bonds is 33. The van der Waals surface area contributed by atoms with Crippen molar-refractivity contribution in [1.82, 2.24) is 0 Å². The van der Waals surface area contributed by atoms with Gasteiger partial charge in [-0.3, -0.25) is 4.79 Å². The molecule has 0 fully saturated rings. The van der Waals surface area contributed by atoms with E-state index < -0.39 is 0 Å². The Labute approximate surface area is 240 Å². The molecule has 38 heavy (non-hydrogen) atoms. The quantitative estimate of drug-likeness (QED) is 0.0671. The molecule has 0 aromatic rings. The van der Waals surface area contributed by atoms with Gasteiger partial charge >= 0.3 is 0 Å². The van der Waals surface area contributed by atoms with Crippen LogP contribution in [-0.2, 0) is 4.79 Å². The van der Waals surface area contributed by atoms with Gasteiger partial charge in [-0.05, 0) is 44.9 Å². The van der Waals surface area contributed by atoms with Crippen molar-refractivity contribution >= 4 is 5.78 Å². The Kier molecular flexibility index (Phi) is 33.8. The molecular formula is C36H70O2. The highest BCUT2D eigenvalue weighted by molar-refractivity contribution is 5.78. The largest absolute Gasteiger partial charge is 0.396 e. The highest BCUT2D eigenvalue weighted by Gasteiger charge is 2.02. The van der Waals surface area contributed by atoms with Gasteiger partial charge in [-0.15, -0.1) is 0 Å². The Morgan fingerprint density at radius 3 is 1.05 bits per heavy atom. The van der Waals surface area contributed by atoms with Crippen molar-refractivity contribution in [3.63, 3.8) is 0 Å². The number of allylic oxidation sites excluding steroid dienone is 2. The van der Waals surface area contributed by atoms with Crippen LogP contribution >= 0.6 is 0 Å². The van der Waals surface area contributed by atoms with Crippen LogP contribution in [0.15, 0.2) is 12.2 Å². The van der Waals surface area contributed by atoms with E-state index in [9.17, 15) is 4.79 Å². The van der Waals surface area contributed by atoms with Crippen LogP contribution in [0.2, 0.25) is 0 Å². The number of carbonyl (C=O) groups excluding carboxylic acids is 1. The first-order valence-electron chi connectivity index (χ1n) is 17.6. The number of Topliss-reactive ketones (excluding diaryl/α,β-unsaturated/α-hetero) is 1. The number of unbranched alkanes of at least 4 members (excludes halogenated alkanes) is 26. The summed E-state index contributed by atoms with van der Waals surface area (Å²) in [6, 6.07) is 0. The molecule has 0 radical (unpaired) electrons. The van der Waals surface area contributed by atoms with E-state index in [4.69, 9.17) is 5.11 Å². The topological polar surface area (TPSA) is 37.3 Å². The lowest BCUT2D eigenvalue weighted by Crippen LogP contribution is -1.97. The second-order valence-electron chi connectivity index (χ2n) is 12.0. The zero-order valence-corrected chi connectivity index (χ0v) is 26.1. The van der Waals surface area contributed by atoms with Gasteiger partial charge in [-0.1, -0.05) is 160 Å². The molecule has 2 heteroatoms. The third-order valence-corrected chi connectivity index (χ3v) is 8.08. The molecule has 226 valence electrons. The second kappa shape index (κ2) is 34.4. The molecule has 0 heterocycles. The highest BCUT2D eigenvalue weighted by atomic mass is 16.2. The molecule has 0 saturated carbocycles. The zero-order valence-electron chi connectivity index (χ0n) is 26.1. The van der Waals surface area contributed by atoms with Gasteiger partial charge in [-0.25, -0.2) is 0 Å². The predicted molar refractivity (Wildman–Crippen MR) is 170 cm³/mol. The highest BCUT2D eigenvalue weighted by Crippen LogP contribution is 2.15. The fourth-order valence-corrected chi connectivity index (χ4v) is 5.43. The third kappa shape index (κ3) is 33.4. The van der Waals surface area contributed by atoms with E-state index in [1.807, 2.05) is 0 Å². The van der Waals surface area contributed by atoms with E-state index in [1.165, 1.54) is 167 Å². The third-order valence-electron chi connectivity index (χ3n) is 8.08. The summed E-state index contributed by atoms with van der Waals surface area (Å²) in [5.74, 6) is 0.506. The van der Waals surface area contributed by atoms with Crippen molar-refractivity contribution in [3.8, 4) is 0 Å². The maximum Gasteiger partial charge on any atom is 0.132 e. The lowest BCUT2D eigenvalue weighted by atomic mass is 10.0. The van der Waals surface area contributed by atoms with Gasteiger partial charge in [-0.2, -0.15) is 0 Å². The van der Waals surface area contributed by atoms with E-state index >= 15 is 0 Å². The van der Waals surface area contributed by atoms with Crippen LogP contribution in [0.4, 0.5) is 0 Å². The van der Waals surface area contributed by atoms with E-state index in [1.54, 1.807) is 0 Å². The molecule has 0 rings (SSSR count). The van der Waals surface area contributed by atoms with Gasteiger partial charge in [0, 0.05) is 19.4 Å². The van der Waals surface area contributed by atoms with Crippen molar-refractivity contribution in [2.45, 2.75) is 206 Å². The first kappa shape index (κ1) is 37.4. The van der Waals surface area contributed by atoms with Crippen LogP contribution in [0.1, 0.15) is 206 Å². The Balaban J connectivity index is 3.19. The van der Waals surface area contributed by atoms with Gasteiger partial charge in [0.2, 0.25) is 0 Å². The maximum absolute atomic E-state index is 12.1. The molecule has 0 aliphatic heterocycles. The second-order valence-corrected chi connectivity index (χ2v) is 12.0. The Hall–Kier alpha value is -0.630. The summed E-state index contributed by atoms with van der Waals surface area (Å²) in [5.41, 5.74) is 0. The van der Waals surface area contributed by atoms with Gasteiger partial charge in [0.25, 0.3) is 0 Å². The molecule has 0 aliphatic rings. The van der Waals surface area contributed by atoms with Crippen LogP contribution in [0, 0.1) is 0 Å². The van der Waals surface area contributed by atoms with Crippen LogP contribution in [-0.4, -0.2) is 17.5 Å². The molecule has 0 spiro atoms. The molecule has 1 N–H and O–H groups in total. The molecule has 2 nitrogen and oxygen atoms in total. The van der Waals surface area contributed by atoms with Gasteiger partial charge < -0.3 is 5.11 Å². The van der Waals surface area contributed by atoms with Crippen molar-refractivity contribution in [1.29, 1.82) is 0 Å². The minimum atomic E-state index is 0.348. The number of carbonyl (C=O) groups is 1. The monoisotopic (exact) mass is 535 g/mol. The maximum atomic E-state index is 12.1. The summed E-state index contributed by atoms with van der Waals surface area (Å²) >= 11 is 0. The van der Waals surface area contributed by atoms with Crippen molar-refractivity contribution in [3.05, 3.63) is 12.2 Å².